The van der Waals surface area contributed by atoms with E-state index >= 15 is 0 Å². The molecule has 0 aliphatic rings. The molecule has 2 N–H and O–H groups in total. The third-order valence-electron chi connectivity index (χ3n) is 3.08. The lowest BCUT2D eigenvalue weighted by Crippen LogP contribution is -2.22. The van der Waals surface area contributed by atoms with Crippen molar-refractivity contribution in [3.8, 4) is 5.75 Å². The van der Waals surface area contributed by atoms with E-state index in [1.807, 2.05) is 0 Å². The summed E-state index contributed by atoms with van der Waals surface area (Å²) < 4.78 is 43.1. The average molecular weight is 344 g/mol. The number of hydrogen-bond acceptors (Lipinski definition) is 4. The molecule has 0 amide bonds. The van der Waals surface area contributed by atoms with Crippen LogP contribution in [-0.4, -0.2) is 38.2 Å². The number of nitrogens with zero attached hydrogens (tertiary/aromatic N) is 2. The highest BCUT2D eigenvalue weighted by Gasteiger charge is 2.28. The van der Waals surface area contributed by atoms with Crippen molar-refractivity contribution in [1.29, 1.82) is 0 Å². The van der Waals surface area contributed by atoms with Gasteiger partial charge in [0.1, 0.15) is 18.9 Å². The number of rotatable bonds is 7. The van der Waals surface area contributed by atoms with Gasteiger partial charge in [-0.1, -0.05) is 18.2 Å². The van der Waals surface area contributed by atoms with Crippen LogP contribution in [0, 0.1) is 0 Å². The second-order valence-corrected chi connectivity index (χ2v) is 5.07. The summed E-state index contributed by atoms with van der Waals surface area (Å²) in [7, 11) is 0. The number of carboxylic acids is 1. The third kappa shape index (κ3) is 5.27. The van der Waals surface area contributed by atoms with Crippen LogP contribution < -0.4 is 4.74 Å². The second kappa shape index (κ2) is 7.35. The van der Waals surface area contributed by atoms with E-state index in [4.69, 9.17) is 9.84 Å². The van der Waals surface area contributed by atoms with Crippen molar-refractivity contribution < 1.29 is 32.9 Å². The first-order valence-electron chi connectivity index (χ1n) is 6.95. The highest BCUT2D eigenvalue weighted by atomic mass is 19.4. The summed E-state index contributed by atoms with van der Waals surface area (Å²) in [5.74, 6) is -1.01. The maximum atomic E-state index is 12.3. The van der Waals surface area contributed by atoms with E-state index in [2.05, 4.69) is 5.10 Å². The van der Waals surface area contributed by atoms with E-state index in [-0.39, 0.29) is 13.0 Å². The van der Waals surface area contributed by atoms with Gasteiger partial charge >= 0.3 is 12.1 Å². The molecule has 1 heterocycles. The Morgan fingerprint density at radius 2 is 2.00 bits per heavy atom. The molecule has 9 heteroatoms. The predicted octanol–water partition coefficient (Wildman–Crippen LogP) is 2.01. The predicted molar refractivity (Wildman–Crippen MR) is 76.4 cm³/mol. The number of aliphatic hydroxyl groups is 1. The fourth-order valence-electron chi connectivity index (χ4n) is 2.01. The average Bonchev–Trinajstić information content (AvgIpc) is 2.91. The van der Waals surface area contributed by atoms with E-state index in [1.54, 1.807) is 24.3 Å². The Bertz CT molecular complexity index is 700. The highest BCUT2D eigenvalue weighted by Crippen LogP contribution is 2.21. The molecule has 2 aromatic rings. The largest absolute Gasteiger partial charge is 0.487 e. The van der Waals surface area contributed by atoms with Gasteiger partial charge in [0.15, 0.2) is 6.10 Å². The zero-order chi connectivity index (χ0) is 17.7. The minimum absolute atomic E-state index is 0.0783. The molecular weight excluding hydrogens is 329 g/mol. The first kappa shape index (κ1) is 17.8. The Labute approximate surface area is 135 Å². The summed E-state index contributed by atoms with van der Waals surface area (Å²) in [4.78, 5) is 10.7. The van der Waals surface area contributed by atoms with Gasteiger partial charge in [0, 0.05) is 12.6 Å². The van der Waals surface area contributed by atoms with Crippen molar-refractivity contribution in [2.24, 2.45) is 0 Å². The minimum atomic E-state index is -4.36. The molecule has 0 unspecified atom stereocenters. The fraction of sp³-hybridized carbons (Fsp3) is 0.333. The minimum Gasteiger partial charge on any atom is -0.487 e. The summed E-state index contributed by atoms with van der Waals surface area (Å²) in [5.41, 5.74) is 0.773. The van der Waals surface area contributed by atoms with Gasteiger partial charge in [0.05, 0.1) is 5.69 Å². The molecular formula is C15H15F3N2O4. The van der Waals surface area contributed by atoms with Gasteiger partial charge in [-0.2, -0.15) is 18.3 Å². The van der Waals surface area contributed by atoms with Crippen LogP contribution in [0.15, 0.2) is 36.5 Å². The summed E-state index contributed by atoms with van der Waals surface area (Å²) in [6.45, 7) is -1.26. The molecule has 24 heavy (non-hydrogen) atoms. The van der Waals surface area contributed by atoms with Crippen LogP contribution in [0.2, 0.25) is 0 Å². The molecule has 1 atom stereocenters. The Morgan fingerprint density at radius 3 is 2.67 bits per heavy atom. The molecule has 0 aliphatic heterocycles. The maximum Gasteiger partial charge on any atom is 0.408 e. The van der Waals surface area contributed by atoms with Crippen molar-refractivity contribution >= 4 is 5.97 Å². The molecule has 0 aliphatic carbocycles. The molecule has 1 aromatic carbocycles. The Balaban J connectivity index is 2.01. The normalized spacial score (nSPS) is 12.8. The number of hydrogen-bond donors (Lipinski definition) is 2. The van der Waals surface area contributed by atoms with Crippen molar-refractivity contribution in [3.63, 3.8) is 0 Å². The number of para-hydroxylation sites is 1. The summed E-state index contributed by atoms with van der Waals surface area (Å²) in [6, 6.07) is 7.91. The molecule has 0 spiro atoms. The van der Waals surface area contributed by atoms with Crippen LogP contribution in [0.4, 0.5) is 13.2 Å². The van der Waals surface area contributed by atoms with Crippen molar-refractivity contribution in [2.75, 3.05) is 0 Å². The third-order valence-corrected chi connectivity index (χ3v) is 3.08. The Morgan fingerprint density at radius 1 is 1.29 bits per heavy atom. The number of aliphatic carboxylic acids is 1. The molecule has 0 bridgehead atoms. The van der Waals surface area contributed by atoms with Crippen LogP contribution in [0.5, 0.6) is 5.75 Å². The first-order valence-corrected chi connectivity index (χ1v) is 6.95. The van der Waals surface area contributed by atoms with E-state index in [0.29, 0.717) is 17.0 Å². The number of carbonyl (C=O) groups is 1. The molecule has 6 nitrogen and oxygen atoms in total. The number of halogens is 3. The van der Waals surface area contributed by atoms with E-state index < -0.39 is 24.8 Å². The smallest absolute Gasteiger partial charge is 0.408 e. The molecule has 0 saturated carbocycles. The quantitative estimate of drug-likeness (QED) is 0.803. The van der Waals surface area contributed by atoms with Gasteiger partial charge in [-0.25, -0.2) is 4.79 Å². The van der Waals surface area contributed by atoms with Crippen LogP contribution in [0.1, 0.15) is 11.3 Å². The summed E-state index contributed by atoms with van der Waals surface area (Å²) in [6.07, 6.45) is -4.87. The van der Waals surface area contributed by atoms with Crippen molar-refractivity contribution in [3.05, 3.63) is 47.8 Å². The van der Waals surface area contributed by atoms with E-state index in [9.17, 15) is 23.1 Å². The lowest BCUT2D eigenvalue weighted by atomic mass is 10.1. The lowest BCUT2D eigenvalue weighted by molar-refractivity contribution is -0.146. The Hall–Kier alpha value is -2.55. The molecule has 2 rings (SSSR count). The zero-order valence-electron chi connectivity index (χ0n) is 12.4. The lowest BCUT2D eigenvalue weighted by Gasteiger charge is -2.12. The van der Waals surface area contributed by atoms with Gasteiger partial charge in [-0.05, 0) is 17.7 Å². The van der Waals surface area contributed by atoms with Crippen LogP contribution in [0.25, 0.3) is 0 Å². The fourth-order valence-corrected chi connectivity index (χ4v) is 2.01. The van der Waals surface area contributed by atoms with Crippen molar-refractivity contribution in [1.82, 2.24) is 9.78 Å². The number of ether oxygens (including phenoxy) is 1. The van der Waals surface area contributed by atoms with E-state index in [1.165, 1.54) is 12.3 Å². The maximum absolute atomic E-state index is 12.3. The number of aliphatic hydroxyl groups excluding tert-OH is 1. The van der Waals surface area contributed by atoms with Gasteiger partial charge in [0.2, 0.25) is 0 Å². The second-order valence-electron chi connectivity index (χ2n) is 5.07. The summed E-state index contributed by atoms with van der Waals surface area (Å²) in [5, 5.41) is 21.9. The molecule has 130 valence electrons. The number of carboxylic acid groups (broad SMARTS) is 1. The highest BCUT2D eigenvalue weighted by molar-refractivity contribution is 5.72. The van der Waals surface area contributed by atoms with Crippen LogP contribution in [-0.2, 0) is 24.4 Å². The molecule has 1 aromatic heterocycles. The van der Waals surface area contributed by atoms with Crippen LogP contribution in [0.3, 0.4) is 0 Å². The monoisotopic (exact) mass is 344 g/mol. The van der Waals surface area contributed by atoms with Gasteiger partial charge < -0.3 is 14.9 Å². The Kier molecular flexibility index (Phi) is 5.45. The van der Waals surface area contributed by atoms with Gasteiger partial charge in [0.25, 0.3) is 0 Å². The zero-order valence-corrected chi connectivity index (χ0v) is 12.4. The van der Waals surface area contributed by atoms with Crippen molar-refractivity contribution in [2.45, 2.75) is 31.9 Å². The first-order chi connectivity index (χ1) is 11.2. The van der Waals surface area contributed by atoms with Gasteiger partial charge in [-0.3, -0.25) is 4.68 Å². The SMILES string of the molecule is O=C(O)[C@H](O)Cc1ccccc1OCc1ccn(CC(F)(F)F)n1. The van der Waals surface area contributed by atoms with E-state index in [0.717, 1.165) is 4.68 Å². The topological polar surface area (TPSA) is 84.6 Å². The van der Waals surface area contributed by atoms with Crippen LogP contribution >= 0.6 is 0 Å². The number of aromatic nitrogens is 2. The molecule has 0 saturated heterocycles. The summed E-state index contributed by atoms with van der Waals surface area (Å²) >= 11 is 0. The molecule has 0 fully saturated rings. The van der Waals surface area contributed by atoms with Gasteiger partial charge in [-0.15, -0.1) is 0 Å². The standard InChI is InChI=1S/C15H15F3N2O4/c16-15(17,18)9-20-6-5-11(19-20)8-24-13-4-2-1-3-10(13)7-12(21)14(22)23/h1-6,12,21H,7-9H2,(H,22,23)/t12-/m1/s1. The number of alkyl halides is 3. The molecule has 0 radical (unpaired) electrons. The number of benzene rings is 1.